The van der Waals surface area contributed by atoms with Crippen LogP contribution in [0.15, 0.2) is 0 Å². The predicted molar refractivity (Wildman–Crippen MR) is 50.3 cm³/mol. The van der Waals surface area contributed by atoms with Crippen molar-refractivity contribution in [3.63, 3.8) is 0 Å². The molecule has 0 rings (SSSR count). The van der Waals surface area contributed by atoms with Crippen LogP contribution in [0.1, 0.15) is 12.8 Å². The molecule has 0 atom stereocenters. The Labute approximate surface area is 101 Å². The fourth-order valence-electron chi connectivity index (χ4n) is 0.283. The van der Waals surface area contributed by atoms with Crippen molar-refractivity contribution in [1.82, 2.24) is 0 Å². The van der Waals surface area contributed by atoms with E-state index in [1.165, 1.54) is 0 Å². The molecule has 14 heavy (non-hydrogen) atoms. The molecule has 0 nitrogen and oxygen atoms in total. The van der Waals surface area contributed by atoms with Crippen molar-refractivity contribution >= 4 is 49.6 Å². The Morgan fingerprint density at radius 2 is 0.643 bits per heavy atom. The standard InChI is InChI=1S/C4H4F6.4ClH/c5-3(6,7)1-2-4(8,9)10;;;;/h1-2H2;4*1H. The van der Waals surface area contributed by atoms with E-state index in [1.807, 2.05) is 0 Å². The molecule has 10 heteroatoms. The van der Waals surface area contributed by atoms with Crippen LogP contribution in [0.25, 0.3) is 0 Å². The Hall–Kier alpha value is 0.740. The Morgan fingerprint density at radius 1 is 0.500 bits per heavy atom. The summed E-state index contributed by atoms with van der Waals surface area (Å²) in [4.78, 5) is 0. The lowest BCUT2D eigenvalue weighted by atomic mass is 10.3. The normalized spacial score (nSPS) is 9.86. The van der Waals surface area contributed by atoms with Gasteiger partial charge in [-0.3, -0.25) is 0 Å². The third-order valence-corrected chi connectivity index (χ3v) is 0.692. The first-order valence-corrected chi connectivity index (χ1v) is 2.34. The van der Waals surface area contributed by atoms with Gasteiger partial charge in [0, 0.05) is 0 Å². The summed E-state index contributed by atoms with van der Waals surface area (Å²) < 4.78 is 66.5. The zero-order chi connectivity index (χ0) is 8.41. The van der Waals surface area contributed by atoms with E-state index in [2.05, 4.69) is 0 Å². The molecule has 0 spiro atoms. The van der Waals surface area contributed by atoms with Gasteiger partial charge in [-0.05, 0) is 0 Å². The Kier molecular flexibility index (Phi) is 21.5. The summed E-state index contributed by atoms with van der Waals surface area (Å²) in [6, 6.07) is 0. The third-order valence-electron chi connectivity index (χ3n) is 0.692. The molecule has 0 N–H and O–H groups in total. The molecule has 0 saturated heterocycles. The molecule has 0 aliphatic carbocycles. The summed E-state index contributed by atoms with van der Waals surface area (Å²) in [6.45, 7) is 0. The average molecular weight is 312 g/mol. The van der Waals surface area contributed by atoms with Gasteiger partial charge in [-0.15, -0.1) is 49.6 Å². The van der Waals surface area contributed by atoms with Gasteiger partial charge >= 0.3 is 12.4 Å². The van der Waals surface area contributed by atoms with Crippen molar-refractivity contribution in [3.05, 3.63) is 0 Å². The van der Waals surface area contributed by atoms with E-state index >= 15 is 0 Å². The lowest BCUT2D eigenvalue weighted by molar-refractivity contribution is -0.183. The molecule has 0 aromatic rings. The van der Waals surface area contributed by atoms with Crippen molar-refractivity contribution in [2.75, 3.05) is 0 Å². The molecular weight excluding hydrogens is 304 g/mol. The Morgan fingerprint density at radius 3 is 0.714 bits per heavy atom. The van der Waals surface area contributed by atoms with Crippen LogP contribution in [0.5, 0.6) is 0 Å². The van der Waals surface area contributed by atoms with E-state index in [-0.39, 0.29) is 49.6 Å². The lowest BCUT2D eigenvalue weighted by Gasteiger charge is -2.07. The summed E-state index contributed by atoms with van der Waals surface area (Å²) in [5.74, 6) is 0. The molecule has 0 aromatic carbocycles. The van der Waals surface area contributed by atoms with Crippen molar-refractivity contribution in [3.8, 4) is 0 Å². The van der Waals surface area contributed by atoms with Crippen LogP contribution in [0.2, 0.25) is 0 Å². The molecule has 94 valence electrons. The van der Waals surface area contributed by atoms with Crippen LogP contribution < -0.4 is 0 Å². The van der Waals surface area contributed by atoms with Crippen LogP contribution in [-0.4, -0.2) is 12.4 Å². The summed E-state index contributed by atoms with van der Waals surface area (Å²) in [7, 11) is 0. The van der Waals surface area contributed by atoms with Crippen LogP contribution in [0.3, 0.4) is 0 Å². The third kappa shape index (κ3) is 29.3. The second-order valence-corrected chi connectivity index (χ2v) is 1.73. The Balaban J connectivity index is -0.0000000675. The topological polar surface area (TPSA) is 0 Å². The summed E-state index contributed by atoms with van der Waals surface area (Å²) in [5.41, 5.74) is 0. The molecule has 0 aliphatic rings. The average Bonchev–Trinajstić information content (AvgIpc) is 1.57. The van der Waals surface area contributed by atoms with Gasteiger partial charge in [0.1, 0.15) is 0 Å². The smallest absolute Gasteiger partial charge is 0.171 e. The van der Waals surface area contributed by atoms with Gasteiger partial charge in [0.05, 0.1) is 12.8 Å². The van der Waals surface area contributed by atoms with E-state index in [9.17, 15) is 26.3 Å². The molecule has 0 bridgehead atoms. The van der Waals surface area contributed by atoms with E-state index in [0.717, 1.165) is 0 Å². The molecule has 0 aliphatic heterocycles. The van der Waals surface area contributed by atoms with Gasteiger partial charge in [0.15, 0.2) is 0 Å². The van der Waals surface area contributed by atoms with Gasteiger partial charge in [0.2, 0.25) is 0 Å². The monoisotopic (exact) mass is 310 g/mol. The minimum absolute atomic E-state index is 0. The molecule has 0 saturated carbocycles. The summed E-state index contributed by atoms with van der Waals surface area (Å²) >= 11 is 0. The number of hydrogen-bond acceptors (Lipinski definition) is 0. The summed E-state index contributed by atoms with van der Waals surface area (Å²) in [5, 5.41) is 0. The zero-order valence-electron chi connectivity index (χ0n) is 6.31. The number of rotatable bonds is 1. The Bertz CT molecular complexity index is 95.4. The van der Waals surface area contributed by atoms with Crippen LogP contribution in [-0.2, 0) is 0 Å². The lowest BCUT2D eigenvalue weighted by Crippen LogP contribution is -2.15. The highest BCUT2D eigenvalue weighted by Gasteiger charge is 2.35. The highest BCUT2D eigenvalue weighted by atomic mass is 35.5. The van der Waals surface area contributed by atoms with Crippen LogP contribution >= 0.6 is 49.6 Å². The molecule has 0 amide bonds. The number of hydrogen-bond donors (Lipinski definition) is 0. The molecule has 0 heterocycles. The zero-order valence-corrected chi connectivity index (χ0v) is 9.58. The van der Waals surface area contributed by atoms with Crippen molar-refractivity contribution < 1.29 is 26.3 Å². The van der Waals surface area contributed by atoms with Crippen molar-refractivity contribution in [2.24, 2.45) is 0 Å². The van der Waals surface area contributed by atoms with Gasteiger partial charge < -0.3 is 0 Å². The van der Waals surface area contributed by atoms with E-state index in [4.69, 9.17) is 0 Å². The maximum atomic E-state index is 11.1. The maximum Gasteiger partial charge on any atom is 0.389 e. The fourth-order valence-corrected chi connectivity index (χ4v) is 0.283. The van der Waals surface area contributed by atoms with Crippen LogP contribution in [0, 0.1) is 0 Å². The van der Waals surface area contributed by atoms with E-state index in [0.29, 0.717) is 0 Å². The fraction of sp³-hybridized carbons (Fsp3) is 1.00. The molecular formula is C4H8Cl4F6. The largest absolute Gasteiger partial charge is 0.389 e. The maximum absolute atomic E-state index is 11.1. The first-order chi connectivity index (χ1) is 4.21. The van der Waals surface area contributed by atoms with E-state index in [1.54, 1.807) is 0 Å². The number of halogens is 10. The first-order valence-electron chi connectivity index (χ1n) is 2.34. The minimum atomic E-state index is -4.71. The van der Waals surface area contributed by atoms with Crippen molar-refractivity contribution in [2.45, 2.75) is 25.2 Å². The second-order valence-electron chi connectivity index (χ2n) is 1.73. The minimum Gasteiger partial charge on any atom is -0.171 e. The number of alkyl halides is 6. The van der Waals surface area contributed by atoms with Gasteiger partial charge in [-0.25, -0.2) is 0 Å². The van der Waals surface area contributed by atoms with Gasteiger partial charge in [-0.2, -0.15) is 26.3 Å². The van der Waals surface area contributed by atoms with Crippen molar-refractivity contribution in [1.29, 1.82) is 0 Å². The molecule has 0 fully saturated rings. The van der Waals surface area contributed by atoms with Crippen LogP contribution in [0.4, 0.5) is 26.3 Å². The highest BCUT2D eigenvalue weighted by Crippen LogP contribution is 2.29. The first kappa shape index (κ1) is 29.3. The molecule has 0 radical (unpaired) electrons. The van der Waals surface area contributed by atoms with Gasteiger partial charge in [-0.1, -0.05) is 0 Å². The summed E-state index contributed by atoms with van der Waals surface area (Å²) in [6.07, 6.45) is -13.0. The molecule has 0 unspecified atom stereocenters. The SMILES string of the molecule is Cl.Cl.Cl.Cl.FC(F)(F)CCC(F)(F)F. The highest BCUT2D eigenvalue weighted by molar-refractivity contribution is 5.86. The predicted octanol–water partition coefficient (Wildman–Crippen LogP) is 4.58. The second kappa shape index (κ2) is 10.3. The molecule has 0 aromatic heterocycles. The quantitative estimate of drug-likeness (QED) is 0.622. The van der Waals surface area contributed by atoms with E-state index < -0.39 is 25.2 Å². The van der Waals surface area contributed by atoms with Gasteiger partial charge in [0.25, 0.3) is 0 Å².